The van der Waals surface area contributed by atoms with E-state index in [-0.39, 0.29) is 11.7 Å². The van der Waals surface area contributed by atoms with E-state index in [0.717, 1.165) is 28.9 Å². The molecule has 4 rings (SSSR count). The van der Waals surface area contributed by atoms with Gasteiger partial charge in [-0.05, 0) is 43.2 Å². The molecular formula is C22H23FN4O. The number of aromatic nitrogens is 2. The number of nitrogens with two attached hydrogens (primary N) is 1. The number of aliphatic imine (C=N–C) groups is 1. The van der Waals surface area contributed by atoms with Gasteiger partial charge in [-0.15, -0.1) is 0 Å². The largest absolute Gasteiger partial charge is 0.480 e. The van der Waals surface area contributed by atoms with Crippen molar-refractivity contribution in [2.75, 3.05) is 6.61 Å². The molecule has 6 heteroatoms. The summed E-state index contributed by atoms with van der Waals surface area (Å²) in [6.07, 6.45) is 0.858. The summed E-state index contributed by atoms with van der Waals surface area (Å²) in [6, 6.07) is 15.8. The SMILES string of the molecule is CCCOC1=Nc2c(c(C)nn2-c2ccccc2)[C@H](c2ccc(F)cc2)[C@@H]1N. The topological polar surface area (TPSA) is 65.4 Å². The summed E-state index contributed by atoms with van der Waals surface area (Å²) in [4.78, 5) is 4.75. The van der Waals surface area contributed by atoms with Crippen LogP contribution in [0.3, 0.4) is 0 Å². The lowest BCUT2D eigenvalue weighted by atomic mass is 9.83. The predicted molar refractivity (Wildman–Crippen MR) is 108 cm³/mol. The standard InChI is InChI=1S/C22H23FN4O/c1-3-13-28-22-20(24)19(15-9-11-16(23)12-10-15)18-14(2)26-27(21(18)25-22)17-7-5-4-6-8-17/h4-12,19-20H,3,13,24H2,1-2H3/t19-,20-/m0/s1. The van der Waals surface area contributed by atoms with Crippen molar-refractivity contribution in [2.45, 2.75) is 32.2 Å². The Morgan fingerprint density at radius 1 is 1.11 bits per heavy atom. The number of rotatable bonds is 4. The number of aryl methyl sites for hydroxylation is 1. The van der Waals surface area contributed by atoms with Gasteiger partial charge in [0.2, 0.25) is 5.90 Å². The molecule has 2 heterocycles. The van der Waals surface area contributed by atoms with Crippen molar-refractivity contribution >= 4 is 11.7 Å². The zero-order chi connectivity index (χ0) is 19.7. The van der Waals surface area contributed by atoms with Crippen LogP contribution >= 0.6 is 0 Å². The maximum absolute atomic E-state index is 13.5. The fraction of sp³-hybridized carbons (Fsp3) is 0.273. The summed E-state index contributed by atoms with van der Waals surface area (Å²) in [5.41, 5.74) is 10.2. The quantitative estimate of drug-likeness (QED) is 0.738. The fourth-order valence-electron chi connectivity index (χ4n) is 3.63. The summed E-state index contributed by atoms with van der Waals surface area (Å²) in [6.45, 7) is 4.53. The predicted octanol–water partition coefficient (Wildman–Crippen LogP) is 4.25. The van der Waals surface area contributed by atoms with Gasteiger partial charge in [0.1, 0.15) is 5.82 Å². The lowest BCUT2D eigenvalue weighted by Crippen LogP contribution is -2.41. The molecule has 1 aliphatic heterocycles. The van der Waals surface area contributed by atoms with Crippen LogP contribution in [0.25, 0.3) is 5.69 Å². The minimum absolute atomic E-state index is 0.211. The van der Waals surface area contributed by atoms with E-state index in [9.17, 15) is 4.39 Å². The fourth-order valence-corrected chi connectivity index (χ4v) is 3.63. The Kier molecular flexibility index (Phi) is 4.96. The molecule has 28 heavy (non-hydrogen) atoms. The average Bonchev–Trinajstić information content (AvgIpc) is 3.04. The lowest BCUT2D eigenvalue weighted by Gasteiger charge is -2.29. The smallest absolute Gasteiger partial charge is 0.208 e. The van der Waals surface area contributed by atoms with Crippen molar-refractivity contribution in [3.63, 3.8) is 0 Å². The first-order valence-corrected chi connectivity index (χ1v) is 9.47. The van der Waals surface area contributed by atoms with E-state index < -0.39 is 6.04 Å². The van der Waals surface area contributed by atoms with Crippen LogP contribution in [0.15, 0.2) is 59.6 Å². The monoisotopic (exact) mass is 378 g/mol. The Hall–Kier alpha value is -2.99. The van der Waals surface area contributed by atoms with Gasteiger partial charge < -0.3 is 10.5 Å². The number of ether oxygens (including phenoxy) is 1. The number of nitrogens with zero attached hydrogens (tertiary/aromatic N) is 3. The molecule has 2 aromatic carbocycles. The summed E-state index contributed by atoms with van der Waals surface area (Å²) in [5.74, 6) is 0.713. The van der Waals surface area contributed by atoms with Crippen molar-refractivity contribution in [3.8, 4) is 5.69 Å². The second-order valence-electron chi connectivity index (χ2n) is 6.92. The summed E-state index contributed by atoms with van der Waals surface area (Å²) >= 11 is 0. The van der Waals surface area contributed by atoms with Crippen LogP contribution < -0.4 is 5.73 Å². The normalized spacial score (nSPS) is 18.5. The maximum atomic E-state index is 13.5. The van der Waals surface area contributed by atoms with E-state index in [2.05, 4.69) is 0 Å². The number of para-hydroxylation sites is 1. The van der Waals surface area contributed by atoms with Crippen molar-refractivity contribution in [1.82, 2.24) is 9.78 Å². The number of benzene rings is 2. The summed E-state index contributed by atoms with van der Waals surface area (Å²) in [5, 5.41) is 4.73. The van der Waals surface area contributed by atoms with Crippen molar-refractivity contribution in [1.29, 1.82) is 0 Å². The Labute approximate surface area is 163 Å². The van der Waals surface area contributed by atoms with Crippen LogP contribution in [-0.2, 0) is 4.74 Å². The van der Waals surface area contributed by atoms with E-state index in [4.69, 9.17) is 20.6 Å². The van der Waals surface area contributed by atoms with Gasteiger partial charge in [0.15, 0.2) is 5.82 Å². The van der Waals surface area contributed by atoms with E-state index in [1.807, 2.05) is 48.9 Å². The van der Waals surface area contributed by atoms with Gasteiger partial charge in [-0.3, -0.25) is 0 Å². The third-order valence-corrected chi connectivity index (χ3v) is 4.94. The Morgan fingerprint density at radius 2 is 1.82 bits per heavy atom. The Bertz CT molecular complexity index is 995. The third kappa shape index (κ3) is 3.20. The van der Waals surface area contributed by atoms with Crippen LogP contribution in [-0.4, -0.2) is 28.3 Å². The molecule has 0 bridgehead atoms. The third-order valence-electron chi connectivity index (χ3n) is 4.94. The van der Waals surface area contributed by atoms with Crippen LogP contribution in [0.2, 0.25) is 0 Å². The van der Waals surface area contributed by atoms with Crippen LogP contribution in [0, 0.1) is 12.7 Å². The highest BCUT2D eigenvalue weighted by Crippen LogP contribution is 2.41. The second kappa shape index (κ2) is 7.56. The highest BCUT2D eigenvalue weighted by molar-refractivity contribution is 5.89. The molecule has 0 saturated carbocycles. The molecular weight excluding hydrogens is 355 g/mol. The second-order valence-corrected chi connectivity index (χ2v) is 6.92. The van der Waals surface area contributed by atoms with E-state index in [0.29, 0.717) is 18.3 Å². The molecule has 0 amide bonds. The van der Waals surface area contributed by atoms with Crippen molar-refractivity contribution in [3.05, 3.63) is 77.2 Å². The maximum Gasteiger partial charge on any atom is 0.208 e. The van der Waals surface area contributed by atoms with Gasteiger partial charge in [0.05, 0.1) is 24.0 Å². The zero-order valence-electron chi connectivity index (χ0n) is 16.0. The van der Waals surface area contributed by atoms with E-state index in [1.165, 1.54) is 12.1 Å². The first-order chi connectivity index (χ1) is 13.6. The van der Waals surface area contributed by atoms with Gasteiger partial charge >= 0.3 is 0 Å². The van der Waals surface area contributed by atoms with E-state index in [1.54, 1.807) is 12.1 Å². The lowest BCUT2D eigenvalue weighted by molar-refractivity contribution is 0.286. The number of halogens is 1. The molecule has 144 valence electrons. The van der Waals surface area contributed by atoms with Crippen molar-refractivity contribution in [2.24, 2.45) is 10.7 Å². The molecule has 0 fully saturated rings. The van der Waals surface area contributed by atoms with Gasteiger partial charge in [0, 0.05) is 11.5 Å². The molecule has 0 unspecified atom stereocenters. The minimum atomic E-state index is -0.461. The first-order valence-electron chi connectivity index (χ1n) is 9.47. The minimum Gasteiger partial charge on any atom is -0.480 e. The highest BCUT2D eigenvalue weighted by atomic mass is 19.1. The molecule has 0 saturated heterocycles. The zero-order valence-corrected chi connectivity index (χ0v) is 16.0. The number of fused-ring (bicyclic) bond motifs is 1. The molecule has 5 nitrogen and oxygen atoms in total. The molecule has 1 aliphatic rings. The summed E-state index contributed by atoms with van der Waals surface area (Å²) < 4.78 is 21.2. The molecule has 0 radical (unpaired) electrons. The van der Waals surface area contributed by atoms with Crippen LogP contribution in [0.1, 0.15) is 36.1 Å². The highest BCUT2D eigenvalue weighted by Gasteiger charge is 2.37. The average molecular weight is 378 g/mol. The van der Waals surface area contributed by atoms with E-state index >= 15 is 0 Å². The number of hydrogen-bond donors (Lipinski definition) is 1. The summed E-state index contributed by atoms with van der Waals surface area (Å²) in [7, 11) is 0. The number of hydrogen-bond acceptors (Lipinski definition) is 4. The van der Waals surface area contributed by atoms with Gasteiger partial charge in [0.25, 0.3) is 0 Å². The molecule has 0 spiro atoms. The van der Waals surface area contributed by atoms with Crippen LogP contribution in [0.5, 0.6) is 0 Å². The molecule has 2 N–H and O–H groups in total. The van der Waals surface area contributed by atoms with Crippen molar-refractivity contribution < 1.29 is 9.13 Å². The molecule has 3 aromatic rings. The van der Waals surface area contributed by atoms with Gasteiger partial charge in [-0.25, -0.2) is 9.07 Å². The Morgan fingerprint density at radius 3 is 2.50 bits per heavy atom. The van der Waals surface area contributed by atoms with Gasteiger partial charge in [-0.1, -0.05) is 37.3 Å². The Balaban J connectivity index is 1.90. The molecule has 0 aliphatic carbocycles. The van der Waals surface area contributed by atoms with Gasteiger partial charge in [-0.2, -0.15) is 10.1 Å². The molecule has 2 atom stereocenters. The molecule has 1 aromatic heterocycles. The first kappa shape index (κ1) is 18.4. The van der Waals surface area contributed by atoms with Crippen LogP contribution in [0.4, 0.5) is 10.2 Å².